The summed E-state index contributed by atoms with van der Waals surface area (Å²) >= 11 is 5.99. The number of hydrogen-bond acceptors (Lipinski definition) is 4. The molecule has 25 heavy (non-hydrogen) atoms. The van der Waals surface area contributed by atoms with E-state index in [0.717, 1.165) is 5.56 Å². The maximum atomic E-state index is 12.8. The van der Waals surface area contributed by atoms with Crippen molar-refractivity contribution in [1.82, 2.24) is 5.32 Å². The van der Waals surface area contributed by atoms with Crippen LogP contribution in [0.25, 0.3) is 0 Å². The summed E-state index contributed by atoms with van der Waals surface area (Å²) in [4.78, 5) is 23.6. The Balaban J connectivity index is 1.74. The molecule has 0 unspecified atom stereocenters. The number of nitrogens with one attached hydrogen (secondary N) is 1. The van der Waals surface area contributed by atoms with Gasteiger partial charge in [-0.2, -0.15) is 0 Å². The van der Waals surface area contributed by atoms with Crippen LogP contribution in [0.4, 0.5) is 4.39 Å². The molecule has 0 fully saturated rings. The van der Waals surface area contributed by atoms with Crippen LogP contribution in [0.3, 0.4) is 0 Å². The number of amides is 1. The summed E-state index contributed by atoms with van der Waals surface area (Å²) in [6, 6.07) is 12.3. The van der Waals surface area contributed by atoms with Crippen LogP contribution in [0.5, 0.6) is 5.75 Å². The monoisotopic (exact) mass is 365 g/mol. The van der Waals surface area contributed by atoms with Crippen LogP contribution < -0.4 is 10.1 Å². The minimum Gasteiger partial charge on any atom is -0.479 e. The van der Waals surface area contributed by atoms with Gasteiger partial charge in [0.05, 0.1) is 0 Å². The molecule has 0 aliphatic heterocycles. The lowest BCUT2D eigenvalue weighted by Gasteiger charge is -2.14. The lowest BCUT2D eigenvalue weighted by molar-refractivity contribution is -0.154. The number of esters is 1. The van der Waals surface area contributed by atoms with Gasteiger partial charge in [-0.25, -0.2) is 9.18 Å². The molecule has 0 spiro atoms. The Morgan fingerprint density at radius 1 is 1.16 bits per heavy atom. The van der Waals surface area contributed by atoms with Crippen molar-refractivity contribution in [2.24, 2.45) is 0 Å². The highest BCUT2D eigenvalue weighted by Crippen LogP contribution is 2.14. The summed E-state index contributed by atoms with van der Waals surface area (Å²) in [6.45, 7) is 1.28. The number of carbonyl (C=O) groups is 2. The van der Waals surface area contributed by atoms with Crippen LogP contribution in [0.1, 0.15) is 12.5 Å². The molecule has 1 amide bonds. The molecule has 2 aromatic carbocycles. The summed E-state index contributed by atoms with van der Waals surface area (Å²) in [5, 5.41) is 3.15. The second-order valence-electron chi connectivity index (χ2n) is 5.19. The highest BCUT2D eigenvalue weighted by Gasteiger charge is 2.18. The van der Waals surface area contributed by atoms with Gasteiger partial charge < -0.3 is 14.8 Å². The normalized spacial score (nSPS) is 11.5. The standard InChI is InChI=1S/C18H17ClFNO4/c1-12(25-15-8-6-14(20)7-9-15)18(23)24-11-17(22)21-10-13-4-2-3-5-16(13)19/h2-9,12H,10-11H2,1H3,(H,21,22)/t12-/m0/s1. The summed E-state index contributed by atoms with van der Waals surface area (Å²) in [5.74, 6) is -1.23. The number of halogens is 2. The molecule has 0 aliphatic carbocycles. The van der Waals surface area contributed by atoms with E-state index in [4.69, 9.17) is 21.1 Å². The minimum atomic E-state index is -0.929. The number of benzene rings is 2. The Morgan fingerprint density at radius 3 is 2.52 bits per heavy atom. The third-order valence-corrected chi connectivity index (χ3v) is 3.61. The Hall–Kier alpha value is -2.60. The molecule has 1 atom stereocenters. The zero-order valence-corrected chi connectivity index (χ0v) is 14.3. The van der Waals surface area contributed by atoms with Gasteiger partial charge in [-0.3, -0.25) is 4.79 Å². The van der Waals surface area contributed by atoms with Crippen LogP contribution in [-0.2, 0) is 20.9 Å². The van der Waals surface area contributed by atoms with E-state index in [9.17, 15) is 14.0 Å². The fourth-order valence-electron chi connectivity index (χ4n) is 1.91. The third kappa shape index (κ3) is 6.08. The van der Waals surface area contributed by atoms with Gasteiger partial charge in [-0.05, 0) is 42.8 Å². The molecule has 132 valence electrons. The predicted molar refractivity (Wildman–Crippen MR) is 90.7 cm³/mol. The van der Waals surface area contributed by atoms with Crippen molar-refractivity contribution in [3.63, 3.8) is 0 Å². The SMILES string of the molecule is C[C@H](Oc1ccc(F)cc1)C(=O)OCC(=O)NCc1ccccc1Cl. The molecule has 0 aromatic heterocycles. The first kappa shape index (κ1) is 18.7. The van der Waals surface area contributed by atoms with Crippen molar-refractivity contribution < 1.29 is 23.5 Å². The molecule has 2 rings (SSSR count). The van der Waals surface area contributed by atoms with E-state index in [1.165, 1.54) is 31.2 Å². The molecule has 0 saturated carbocycles. The van der Waals surface area contributed by atoms with E-state index < -0.39 is 30.4 Å². The summed E-state index contributed by atoms with van der Waals surface area (Å²) in [7, 11) is 0. The zero-order chi connectivity index (χ0) is 18.2. The smallest absolute Gasteiger partial charge is 0.347 e. The fraction of sp³-hybridized carbons (Fsp3) is 0.222. The molecule has 0 heterocycles. The van der Waals surface area contributed by atoms with Gasteiger partial charge in [0, 0.05) is 11.6 Å². The first-order valence-corrected chi connectivity index (χ1v) is 7.92. The highest BCUT2D eigenvalue weighted by molar-refractivity contribution is 6.31. The zero-order valence-electron chi connectivity index (χ0n) is 13.5. The van der Waals surface area contributed by atoms with E-state index in [1.807, 2.05) is 6.07 Å². The van der Waals surface area contributed by atoms with Gasteiger partial charge in [-0.15, -0.1) is 0 Å². The van der Waals surface area contributed by atoms with Crippen molar-refractivity contribution in [3.8, 4) is 5.75 Å². The predicted octanol–water partition coefficient (Wildman–Crippen LogP) is 3.11. The molecular weight excluding hydrogens is 349 g/mol. The molecule has 5 nitrogen and oxygen atoms in total. The van der Waals surface area contributed by atoms with Gasteiger partial charge in [0.15, 0.2) is 12.7 Å². The van der Waals surface area contributed by atoms with Crippen LogP contribution in [0.2, 0.25) is 5.02 Å². The topological polar surface area (TPSA) is 64.6 Å². The molecule has 0 radical (unpaired) electrons. The largest absolute Gasteiger partial charge is 0.479 e. The second kappa shape index (κ2) is 9.03. The molecule has 0 saturated heterocycles. The third-order valence-electron chi connectivity index (χ3n) is 3.24. The lowest BCUT2D eigenvalue weighted by atomic mass is 10.2. The van der Waals surface area contributed by atoms with E-state index >= 15 is 0 Å². The van der Waals surface area contributed by atoms with Gasteiger partial charge in [0.2, 0.25) is 0 Å². The number of carbonyl (C=O) groups excluding carboxylic acids is 2. The average Bonchev–Trinajstić information content (AvgIpc) is 2.60. The van der Waals surface area contributed by atoms with Crippen molar-refractivity contribution in [1.29, 1.82) is 0 Å². The van der Waals surface area contributed by atoms with Gasteiger partial charge in [-0.1, -0.05) is 29.8 Å². The second-order valence-corrected chi connectivity index (χ2v) is 5.60. The summed E-state index contributed by atoms with van der Waals surface area (Å²) in [5.41, 5.74) is 0.761. The van der Waals surface area contributed by atoms with Gasteiger partial charge in [0.25, 0.3) is 5.91 Å². The van der Waals surface area contributed by atoms with Crippen LogP contribution in [0.15, 0.2) is 48.5 Å². The first-order chi connectivity index (χ1) is 12.0. The minimum absolute atomic E-state index is 0.234. The first-order valence-electron chi connectivity index (χ1n) is 7.54. The molecule has 1 N–H and O–H groups in total. The number of rotatable bonds is 7. The molecule has 0 aliphatic rings. The summed E-state index contributed by atoms with van der Waals surface area (Å²) in [6.07, 6.45) is -0.929. The quantitative estimate of drug-likeness (QED) is 0.766. The maximum Gasteiger partial charge on any atom is 0.347 e. The Kier molecular flexibility index (Phi) is 6.77. The summed E-state index contributed by atoms with van der Waals surface area (Å²) < 4.78 is 23.0. The van der Waals surface area contributed by atoms with Crippen molar-refractivity contribution in [2.45, 2.75) is 19.6 Å². The highest BCUT2D eigenvalue weighted by atomic mass is 35.5. The van der Waals surface area contributed by atoms with Crippen LogP contribution in [0, 0.1) is 5.82 Å². The Morgan fingerprint density at radius 2 is 1.84 bits per heavy atom. The van der Waals surface area contributed by atoms with Gasteiger partial charge >= 0.3 is 5.97 Å². The van der Waals surface area contributed by atoms with E-state index in [-0.39, 0.29) is 6.54 Å². The van der Waals surface area contributed by atoms with E-state index in [1.54, 1.807) is 18.2 Å². The fourth-order valence-corrected chi connectivity index (χ4v) is 2.11. The maximum absolute atomic E-state index is 12.8. The van der Waals surface area contributed by atoms with Crippen LogP contribution in [-0.4, -0.2) is 24.6 Å². The van der Waals surface area contributed by atoms with Crippen LogP contribution >= 0.6 is 11.6 Å². The van der Waals surface area contributed by atoms with Crippen molar-refractivity contribution in [3.05, 3.63) is 64.9 Å². The Labute approximate surface area is 149 Å². The Bertz CT molecular complexity index is 736. The average molecular weight is 366 g/mol. The van der Waals surface area contributed by atoms with E-state index in [0.29, 0.717) is 10.8 Å². The molecule has 7 heteroatoms. The van der Waals surface area contributed by atoms with Gasteiger partial charge in [0.1, 0.15) is 11.6 Å². The van der Waals surface area contributed by atoms with Crippen molar-refractivity contribution >= 4 is 23.5 Å². The lowest BCUT2D eigenvalue weighted by Crippen LogP contribution is -2.32. The molecule has 0 bridgehead atoms. The number of hydrogen-bond donors (Lipinski definition) is 1. The number of ether oxygens (including phenoxy) is 2. The molecular formula is C18H17ClFNO4. The van der Waals surface area contributed by atoms with E-state index in [2.05, 4.69) is 5.32 Å². The van der Waals surface area contributed by atoms with Crippen molar-refractivity contribution in [2.75, 3.05) is 6.61 Å². The molecule has 2 aromatic rings.